The second-order valence-corrected chi connectivity index (χ2v) is 24.8. The highest BCUT2D eigenvalue weighted by Gasteiger charge is 2.28. The van der Waals surface area contributed by atoms with Crippen molar-refractivity contribution >= 4 is 98.9 Å². The topological polar surface area (TPSA) is 208 Å². The zero-order valence-corrected chi connectivity index (χ0v) is 54.9. The lowest BCUT2D eigenvalue weighted by molar-refractivity contribution is 0.161. The number of aromatic nitrogens is 4. The summed E-state index contributed by atoms with van der Waals surface area (Å²) in [6.45, 7) is 2.73. The molecule has 18 nitrogen and oxygen atoms in total. The number of hydrogen-bond acceptors (Lipinski definition) is 8. The van der Waals surface area contributed by atoms with E-state index in [4.69, 9.17) is 14.7 Å². The van der Waals surface area contributed by atoms with Gasteiger partial charge in [0.15, 0.2) is 0 Å². The molecule has 4 aliphatic heterocycles. The van der Waals surface area contributed by atoms with Crippen LogP contribution in [-0.2, 0) is 19.6 Å². The van der Waals surface area contributed by atoms with Crippen molar-refractivity contribution in [2.24, 2.45) is 0 Å². The van der Waals surface area contributed by atoms with Gasteiger partial charge in [0.05, 0.1) is 58.3 Å². The highest BCUT2D eigenvalue weighted by atomic mass is 16.5. The first-order valence-corrected chi connectivity index (χ1v) is 33.4. The molecular weight excluding hydrogens is 1250 g/mol. The fourth-order valence-electron chi connectivity index (χ4n) is 13.5. The molecule has 0 radical (unpaired) electrons. The molecule has 8 amide bonds. The Labute approximate surface area is 578 Å². The van der Waals surface area contributed by atoms with Crippen LogP contribution in [0.25, 0.3) is 90.9 Å². The zero-order chi connectivity index (χ0) is 67.9. The summed E-state index contributed by atoms with van der Waals surface area (Å²) in [7, 11) is 1.56. The van der Waals surface area contributed by atoms with Crippen molar-refractivity contribution in [2.45, 2.75) is 19.6 Å². The molecule has 12 bridgehead atoms. The van der Waals surface area contributed by atoms with Gasteiger partial charge in [-0.3, -0.25) is 4.90 Å². The monoisotopic (exact) mass is 1320 g/mol. The molecule has 7 N–H and O–H groups in total. The van der Waals surface area contributed by atoms with E-state index in [2.05, 4.69) is 41.5 Å². The molecule has 0 saturated carbocycles. The highest BCUT2D eigenvalue weighted by molar-refractivity contribution is 6.09. The van der Waals surface area contributed by atoms with Gasteiger partial charge < -0.3 is 56.0 Å². The smallest absolute Gasteiger partial charge is 0.323 e. The molecule has 11 aromatic rings. The van der Waals surface area contributed by atoms with Crippen LogP contribution < -0.4 is 31.3 Å². The lowest BCUT2D eigenvalue weighted by atomic mass is 10.0. The third-order valence-corrected chi connectivity index (χ3v) is 18.4. The summed E-state index contributed by atoms with van der Waals surface area (Å²) in [5.74, 6) is 0.497. The van der Waals surface area contributed by atoms with Gasteiger partial charge in [-0.25, -0.2) is 29.1 Å². The van der Waals surface area contributed by atoms with Crippen LogP contribution in [0.3, 0.4) is 0 Å². The van der Waals surface area contributed by atoms with Crippen LogP contribution in [0.5, 0.6) is 5.75 Å². The third kappa shape index (κ3) is 13.5. The number of benzene rings is 8. The Morgan fingerprint density at radius 1 is 0.370 bits per heavy atom. The first-order chi connectivity index (χ1) is 49.1. The normalized spacial score (nSPS) is 14.6. The Balaban J connectivity index is 1.04. The number of hydrogen-bond donors (Lipinski definition) is 7. The number of carbonyl (C=O) groups is 4. The van der Waals surface area contributed by atoms with Gasteiger partial charge >= 0.3 is 24.1 Å². The number of anilines is 5. The fraction of sp³-hybridized carbons (Fsp3) is 0.122. The van der Waals surface area contributed by atoms with E-state index in [9.17, 15) is 4.79 Å². The second-order valence-electron chi connectivity index (χ2n) is 24.8. The van der Waals surface area contributed by atoms with E-state index < -0.39 is 6.03 Å². The number of amides is 8. The quantitative estimate of drug-likeness (QED) is 0.0699. The van der Waals surface area contributed by atoms with Crippen molar-refractivity contribution in [3.63, 3.8) is 0 Å². The van der Waals surface area contributed by atoms with Gasteiger partial charge in [0, 0.05) is 125 Å². The van der Waals surface area contributed by atoms with Crippen molar-refractivity contribution < 1.29 is 23.9 Å². The number of nitrogens with one attached hydrogen (secondary N) is 7. The number of para-hydroxylation sites is 6. The molecule has 4 aliphatic rings. The first kappa shape index (κ1) is 63.3. The molecule has 1 atom stereocenters. The molecule has 0 aliphatic carbocycles. The molecule has 494 valence electrons. The van der Waals surface area contributed by atoms with E-state index in [1.54, 1.807) is 19.2 Å². The number of urea groups is 4. The summed E-state index contributed by atoms with van der Waals surface area (Å²) in [5, 5.41) is 16.4. The minimum absolute atomic E-state index is 0.258. The maximum Gasteiger partial charge on any atom is 0.323 e. The lowest BCUT2D eigenvalue weighted by Crippen LogP contribution is -2.47. The van der Waals surface area contributed by atoms with Crippen molar-refractivity contribution in [1.29, 1.82) is 0 Å². The molecule has 8 aromatic carbocycles. The molecule has 0 fully saturated rings. The molecule has 100 heavy (non-hydrogen) atoms. The number of aromatic amines is 2. The highest BCUT2D eigenvalue weighted by Crippen LogP contribution is 2.44. The number of H-pyrrole nitrogens is 2. The average Bonchev–Trinajstić information content (AvgIpc) is 1.59. The minimum Gasteiger partial charge on any atom is -0.495 e. The fourth-order valence-corrected chi connectivity index (χ4v) is 13.5. The Morgan fingerprint density at radius 3 is 1.06 bits per heavy atom. The summed E-state index contributed by atoms with van der Waals surface area (Å²) in [6.07, 6.45) is 7.92. The predicted molar refractivity (Wildman–Crippen MR) is 400 cm³/mol. The zero-order valence-electron chi connectivity index (χ0n) is 54.9. The van der Waals surface area contributed by atoms with Crippen LogP contribution >= 0.6 is 0 Å². The van der Waals surface area contributed by atoms with Crippen LogP contribution in [0.4, 0.5) is 47.6 Å². The Bertz CT molecular complexity index is 5060. The summed E-state index contributed by atoms with van der Waals surface area (Å²) in [4.78, 5) is 88.0. The largest absolute Gasteiger partial charge is 0.495 e. The third-order valence-electron chi connectivity index (χ3n) is 18.4. The van der Waals surface area contributed by atoms with Gasteiger partial charge in [0.25, 0.3) is 0 Å². The van der Waals surface area contributed by atoms with Gasteiger partial charge in [-0.15, -0.1) is 0 Å². The van der Waals surface area contributed by atoms with E-state index in [1.165, 1.54) is 0 Å². The molecule has 3 aromatic heterocycles. The van der Waals surface area contributed by atoms with Crippen molar-refractivity contribution in [2.75, 3.05) is 73.0 Å². The van der Waals surface area contributed by atoms with Crippen molar-refractivity contribution in [3.8, 4) is 50.3 Å². The molecule has 18 heteroatoms. The Kier molecular flexibility index (Phi) is 18.0. The Morgan fingerprint density at radius 2 is 0.680 bits per heavy atom. The maximum absolute atomic E-state index is 15.7. The van der Waals surface area contributed by atoms with Crippen molar-refractivity contribution in [1.82, 2.24) is 39.5 Å². The average molecular weight is 1320 g/mol. The van der Waals surface area contributed by atoms with E-state index in [0.29, 0.717) is 143 Å². The molecule has 0 saturated heterocycles. The van der Waals surface area contributed by atoms with E-state index in [0.717, 1.165) is 16.7 Å². The van der Waals surface area contributed by atoms with Gasteiger partial charge in [-0.1, -0.05) is 176 Å². The summed E-state index contributed by atoms with van der Waals surface area (Å²) in [6, 6.07) is 74.5. The van der Waals surface area contributed by atoms with Crippen LogP contribution in [-0.4, -0.2) is 110 Å². The molecule has 7 heterocycles. The molecule has 1 unspecified atom stereocenters. The second kappa shape index (κ2) is 28.5. The minimum atomic E-state index is -0.499. The van der Waals surface area contributed by atoms with E-state index >= 15 is 14.4 Å². The van der Waals surface area contributed by atoms with E-state index in [1.807, 2.05) is 263 Å². The molecule has 0 spiro atoms. The van der Waals surface area contributed by atoms with Gasteiger partial charge in [-0.05, 0) is 102 Å². The van der Waals surface area contributed by atoms with Crippen molar-refractivity contribution in [3.05, 3.63) is 276 Å². The predicted octanol–water partition coefficient (Wildman–Crippen LogP) is 17.4. The summed E-state index contributed by atoms with van der Waals surface area (Å²) in [5.41, 5.74) is 15.6. The van der Waals surface area contributed by atoms with Crippen LogP contribution in [0, 0.1) is 0 Å². The maximum atomic E-state index is 15.7. The van der Waals surface area contributed by atoms with E-state index in [-0.39, 0.29) is 57.4 Å². The lowest BCUT2D eigenvalue weighted by Gasteiger charge is -2.32. The van der Waals surface area contributed by atoms with Crippen LogP contribution in [0.15, 0.2) is 237 Å². The number of ether oxygens (including phenoxy) is 1. The van der Waals surface area contributed by atoms with Gasteiger partial charge in [-0.2, -0.15) is 0 Å². The molecular formula is C82H71N13O5. The first-order valence-electron chi connectivity index (χ1n) is 33.4. The van der Waals surface area contributed by atoms with Crippen LogP contribution in [0.2, 0.25) is 0 Å². The van der Waals surface area contributed by atoms with Crippen LogP contribution in [0.1, 0.15) is 39.5 Å². The number of rotatable bonds is 10. The van der Waals surface area contributed by atoms with Gasteiger partial charge in [0.1, 0.15) is 5.75 Å². The number of carbonyl (C=O) groups excluding carboxylic acids is 4. The van der Waals surface area contributed by atoms with Gasteiger partial charge in [0.2, 0.25) is 0 Å². The summed E-state index contributed by atoms with van der Waals surface area (Å²) < 4.78 is 5.62. The summed E-state index contributed by atoms with van der Waals surface area (Å²) >= 11 is 0. The Hall–Kier alpha value is -12.8. The number of methoxy groups -OCH3 is 1. The number of nitrogens with zero attached hydrogens (tertiary/aromatic N) is 6. The standard InChI is InChI=1S/C82H71N13O5/c1-100-74-36-20-19-35-65(74)88-79(96)87-61-31-15-11-27-57(61)75-66-37-39-68(83-66)76-58-28-12-16-32-62(58)89-80(97)93(51-54-21-5-2-6-22-54)48-45-92-46-49-94(52-55-23-7-3-8-24-55)81(98)90-63-33-17-13-29-59(63)77(69-40-38-67(75)84-69)71-42-44-73(86-71)78(72-43-41-70(76)85-72)60-30-14-18-34-64(60)91-82(99)95(50-47-92)53-56-25-9-4-10-26-56/h2-44,83,86H,45-53H2,1H3,(H,89,97)(H,90,98)(H,91,99)(H2,87,88,96). The molecule has 15 rings (SSSR count). The SMILES string of the molecule is COc1ccccc1NC(=O)Nc1ccccc1-c1c2nc(c3c4ccc([nH]4)c4c5nc(c(c6ccc1[nH]6)-c1ccccc1NC(=O)N(Cc1ccccc1)CCN(CCN(Cc1ccccc1)C(=O)Nc1ccccc1-3)CCN(Cc1ccccc1)C(=O)Nc1ccccc1-4)C=C5)C=C2. The number of fused-ring (bicyclic) bond motifs is 15.